The third kappa shape index (κ3) is 3.25. The molecule has 0 aliphatic rings. The minimum Gasteiger partial charge on any atom is -0.434 e. The Morgan fingerprint density at radius 2 is 1.92 bits per heavy atom. The summed E-state index contributed by atoms with van der Waals surface area (Å²) in [4.78, 5) is 26.7. The summed E-state index contributed by atoms with van der Waals surface area (Å²) >= 11 is 6.07. The molecule has 0 bridgehead atoms. The van der Waals surface area contributed by atoms with Crippen LogP contribution in [0, 0.1) is 11.6 Å². The average molecular weight is 380 g/mol. The topological polar surface area (TPSA) is 68.4 Å². The number of aromatic nitrogens is 1. The van der Waals surface area contributed by atoms with Crippen LogP contribution in [0.4, 0.5) is 13.6 Å². The van der Waals surface area contributed by atoms with Crippen LogP contribution in [0.5, 0.6) is 5.75 Å². The molecule has 0 atom stereocenters. The van der Waals surface area contributed by atoms with Gasteiger partial charge in [-0.05, 0) is 30.7 Å². The van der Waals surface area contributed by atoms with Crippen molar-refractivity contribution in [1.29, 1.82) is 0 Å². The number of benzene rings is 2. The van der Waals surface area contributed by atoms with Gasteiger partial charge in [0.2, 0.25) is 5.43 Å². The first-order valence-electron chi connectivity index (χ1n) is 7.56. The molecule has 134 valence electrons. The van der Waals surface area contributed by atoms with Crippen LogP contribution in [0.1, 0.15) is 6.92 Å². The summed E-state index contributed by atoms with van der Waals surface area (Å²) in [6.45, 7) is 1.65. The predicted octanol–water partition coefficient (Wildman–Crippen LogP) is 4.66. The van der Waals surface area contributed by atoms with E-state index in [-0.39, 0.29) is 33.8 Å². The van der Waals surface area contributed by atoms with Gasteiger partial charge in [-0.2, -0.15) is 0 Å². The van der Waals surface area contributed by atoms with Crippen molar-refractivity contribution in [3.05, 3.63) is 63.4 Å². The molecule has 8 heteroatoms. The normalized spacial score (nSPS) is 10.8. The van der Waals surface area contributed by atoms with Crippen molar-refractivity contribution in [3.8, 4) is 16.9 Å². The second-order valence-electron chi connectivity index (χ2n) is 5.24. The first kappa shape index (κ1) is 17.9. The molecule has 0 aliphatic carbocycles. The van der Waals surface area contributed by atoms with E-state index in [1.165, 1.54) is 24.3 Å². The maximum absolute atomic E-state index is 14.3. The molecule has 2 aromatic carbocycles. The largest absolute Gasteiger partial charge is 0.514 e. The summed E-state index contributed by atoms with van der Waals surface area (Å²) in [5.41, 5.74) is 0.118. The molecule has 0 radical (unpaired) electrons. The summed E-state index contributed by atoms with van der Waals surface area (Å²) < 4.78 is 36.9. The number of ether oxygens (including phenoxy) is 2. The number of H-pyrrole nitrogens is 1. The highest BCUT2D eigenvalue weighted by Crippen LogP contribution is 2.35. The smallest absolute Gasteiger partial charge is 0.434 e. The van der Waals surface area contributed by atoms with Crippen LogP contribution in [-0.4, -0.2) is 17.7 Å². The van der Waals surface area contributed by atoms with E-state index in [2.05, 4.69) is 9.72 Å². The first-order valence-corrected chi connectivity index (χ1v) is 7.94. The van der Waals surface area contributed by atoms with E-state index >= 15 is 0 Å². The third-order valence-electron chi connectivity index (χ3n) is 3.62. The van der Waals surface area contributed by atoms with Crippen LogP contribution in [0.15, 0.2) is 41.3 Å². The SMILES string of the molecule is CCOC(=O)Oc1c[nH]c2c(-c3ccc(F)cc3)c(Cl)c(F)cc2c1=O. The number of pyridine rings is 1. The van der Waals surface area contributed by atoms with Crippen LogP contribution < -0.4 is 10.2 Å². The minimum absolute atomic E-state index is 0.0727. The Labute approximate surface area is 151 Å². The fraction of sp³-hybridized carbons (Fsp3) is 0.111. The fourth-order valence-electron chi connectivity index (χ4n) is 2.49. The second kappa shape index (κ2) is 7.13. The number of fused-ring (bicyclic) bond motifs is 1. The summed E-state index contributed by atoms with van der Waals surface area (Å²) in [5.74, 6) is -1.65. The van der Waals surface area contributed by atoms with Crippen molar-refractivity contribution in [2.45, 2.75) is 6.92 Å². The molecule has 0 fully saturated rings. The summed E-state index contributed by atoms with van der Waals surface area (Å²) in [7, 11) is 0. The molecule has 0 unspecified atom stereocenters. The Kier molecular flexibility index (Phi) is 4.90. The number of hydrogen-bond acceptors (Lipinski definition) is 4. The number of hydrogen-bond donors (Lipinski definition) is 1. The first-order chi connectivity index (χ1) is 12.4. The molecule has 1 heterocycles. The van der Waals surface area contributed by atoms with Gasteiger partial charge in [-0.25, -0.2) is 13.6 Å². The van der Waals surface area contributed by atoms with Gasteiger partial charge >= 0.3 is 6.16 Å². The van der Waals surface area contributed by atoms with Crippen LogP contribution in [0.2, 0.25) is 5.02 Å². The van der Waals surface area contributed by atoms with Gasteiger partial charge in [0, 0.05) is 11.8 Å². The highest BCUT2D eigenvalue weighted by atomic mass is 35.5. The number of aromatic amines is 1. The van der Waals surface area contributed by atoms with Crippen LogP contribution >= 0.6 is 11.6 Å². The molecule has 1 aromatic heterocycles. The van der Waals surface area contributed by atoms with E-state index in [1.54, 1.807) is 6.92 Å². The zero-order valence-electron chi connectivity index (χ0n) is 13.4. The lowest BCUT2D eigenvalue weighted by Crippen LogP contribution is -2.16. The van der Waals surface area contributed by atoms with Gasteiger partial charge < -0.3 is 14.5 Å². The molecule has 0 saturated heterocycles. The van der Waals surface area contributed by atoms with Crippen LogP contribution in [0.25, 0.3) is 22.0 Å². The zero-order valence-corrected chi connectivity index (χ0v) is 14.2. The Morgan fingerprint density at radius 3 is 2.58 bits per heavy atom. The number of carbonyl (C=O) groups is 1. The lowest BCUT2D eigenvalue weighted by Gasteiger charge is -2.11. The molecular formula is C18H12ClF2NO4. The van der Waals surface area contributed by atoms with E-state index in [0.717, 1.165) is 12.3 Å². The lowest BCUT2D eigenvalue weighted by atomic mass is 10.0. The third-order valence-corrected chi connectivity index (χ3v) is 3.99. The maximum Gasteiger partial charge on any atom is 0.514 e. The number of nitrogens with one attached hydrogen (secondary N) is 1. The Morgan fingerprint density at radius 1 is 1.23 bits per heavy atom. The van der Waals surface area contributed by atoms with Crippen molar-refractivity contribution in [3.63, 3.8) is 0 Å². The van der Waals surface area contributed by atoms with Crippen molar-refractivity contribution >= 4 is 28.7 Å². The number of halogens is 3. The fourth-order valence-corrected chi connectivity index (χ4v) is 2.75. The van der Waals surface area contributed by atoms with Crippen LogP contribution in [-0.2, 0) is 4.74 Å². The molecular weight excluding hydrogens is 368 g/mol. The van der Waals surface area contributed by atoms with E-state index in [9.17, 15) is 18.4 Å². The predicted molar refractivity (Wildman–Crippen MR) is 92.6 cm³/mol. The quantitative estimate of drug-likeness (QED) is 0.672. The van der Waals surface area contributed by atoms with E-state index in [0.29, 0.717) is 5.56 Å². The molecule has 0 amide bonds. The molecule has 1 N–H and O–H groups in total. The number of rotatable bonds is 3. The van der Waals surface area contributed by atoms with Gasteiger partial charge in [0.1, 0.15) is 11.6 Å². The van der Waals surface area contributed by atoms with Crippen LogP contribution in [0.3, 0.4) is 0 Å². The average Bonchev–Trinajstić information content (AvgIpc) is 2.61. The van der Waals surface area contributed by atoms with Crippen molar-refractivity contribution < 1.29 is 23.0 Å². The van der Waals surface area contributed by atoms with Crippen molar-refractivity contribution in [2.75, 3.05) is 6.61 Å². The Balaban J connectivity index is 2.22. The monoisotopic (exact) mass is 379 g/mol. The van der Waals surface area contributed by atoms with Crippen molar-refractivity contribution in [2.24, 2.45) is 0 Å². The Bertz CT molecular complexity index is 1050. The van der Waals surface area contributed by atoms with Gasteiger partial charge in [0.15, 0.2) is 5.75 Å². The highest BCUT2D eigenvalue weighted by molar-refractivity contribution is 6.35. The minimum atomic E-state index is -1.05. The molecule has 0 aliphatic heterocycles. The lowest BCUT2D eigenvalue weighted by molar-refractivity contribution is 0.104. The summed E-state index contributed by atoms with van der Waals surface area (Å²) in [6, 6.07) is 6.16. The zero-order chi connectivity index (χ0) is 18.8. The van der Waals surface area contributed by atoms with Gasteiger partial charge in [-0.1, -0.05) is 23.7 Å². The van der Waals surface area contributed by atoms with Gasteiger partial charge in [-0.3, -0.25) is 4.79 Å². The van der Waals surface area contributed by atoms with Gasteiger partial charge in [0.05, 0.1) is 22.5 Å². The standard InChI is InChI=1S/C18H12ClF2NO4/c1-2-25-18(24)26-13-8-22-16-11(17(13)23)7-12(21)15(19)14(16)9-3-5-10(20)6-4-9/h3-8H,2H2,1H3,(H,22,23). The summed E-state index contributed by atoms with van der Waals surface area (Å²) in [6.07, 6.45) is 0.105. The molecule has 5 nitrogen and oxygen atoms in total. The van der Waals surface area contributed by atoms with Gasteiger partial charge in [-0.15, -0.1) is 0 Å². The summed E-state index contributed by atoms with van der Waals surface area (Å²) in [5, 5.41) is -0.299. The van der Waals surface area contributed by atoms with Gasteiger partial charge in [0.25, 0.3) is 0 Å². The molecule has 3 aromatic rings. The van der Waals surface area contributed by atoms with E-state index in [1.807, 2.05) is 0 Å². The van der Waals surface area contributed by atoms with Crippen molar-refractivity contribution in [1.82, 2.24) is 4.98 Å². The second-order valence-corrected chi connectivity index (χ2v) is 5.62. The maximum atomic E-state index is 14.3. The van der Waals surface area contributed by atoms with E-state index in [4.69, 9.17) is 16.3 Å². The number of carbonyl (C=O) groups excluding carboxylic acids is 1. The molecule has 26 heavy (non-hydrogen) atoms. The molecule has 3 rings (SSSR count). The Hall–Kier alpha value is -2.93. The van der Waals surface area contributed by atoms with E-state index < -0.39 is 23.2 Å². The molecule has 0 saturated carbocycles. The molecule has 0 spiro atoms. The highest BCUT2D eigenvalue weighted by Gasteiger charge is 2.19.